The summed E-state index contributed by atoms with van der Waals surface area (Å²) in [6.07, 6.45) is 1.52. The van der Waals surface area contributed by atoms with Gasteiger partial charge < -0.3 is 18.9 Å². The second-order valence-corrected chi connectivity index (χ2v) is 7.17. The fraction of sp³-hybridized carbons (Fsp3) is 0.130. The highest BCUT2D eigenvalue weighted by atomic mass is 35.5. The van der Waals surface area contributed by atoms with Gasteiger partial charge in [-0.05, 0) is 43.3 Å². The van der Waals surface area contributed by atoms with Crippen LogP contribution in [0.2, 0.25) is 5.02 Å². The highest BCUT2D eigenvalue weighted by molar-refractivity contribution is 6.33. The van der Waals surface area contributed by atoms with Gasteiger partial charge in [-0.2, -0.15) is 0 Å². The molecule has 0 aliphatic carbocycles. The van der Waals surface area contributed by atoms with E-state index in [1.54, 1.807) is 25.1 Å². The first-order valence-electron chi connectivity index (χ1n) is 9.38. The monoisotopic (exact) mass is 441 g/mol. The first-order valence-corrected chi connectivity index (χ1v) is 9.75. The molecule has 0 radical (unpaired) electrons. The Morgan fingerprint density at radius 2 is 2.00 bits per heavy atom. The molecule has 0 spiro atoms. The van der Waals surface area contributed by atoms with Gasteiger partial charge in [-0.15, -0.1) is 0 Å². The number of aryl methyl sites for hydroxylation is 1. The van der Waals surface area contributed by atoms with Crippen LogP contribution in [-0.2, 0) is 11.3 Å². The van der Waals surface area contributed by atoms with Crippen molar-refractivity contribution in [1.82, 2.24) is 5.32 Å². The van der Waals surface area contributed by atoms with Crippen molar-refractivity contribution in [2.24, 2.45) is 0 Å². The fourth-order valence-electron chi connectivity index (χ4n) is 3.20. The first-order chi connectivity index (χ1) is 14.9. The fourth-order valence-corrected chi connectivity index (χ4v) is 3.46. The van der Waals surface area contributed by atoms with Crippen LogP contribution in [0.4, 0.5) is 4.39 Å². The molecule has 6 nitrogen and oxygen atoms in total. The highest BCUT2D eigenvalue weighted by Crippen LogP contribution is 2.32. The third-order valence-electron chi connectivity index (χ3n) is 4.66. The van der Waals surface area contributed by atoms with Crippen LogP contribution in [0.5, 0.6) is 5.75 Å². The van der Waals surface area contributed by atoms with Gasteiger partial charge in [0.25, 0.3) is 5.91 Å². The molecule has 0 atom stereocenters. The molecule has 0 saturated heterocycles. The number of fused-ring (bicyclic) bond motifs is 1. The summed E-state index contributed by atoms with van der Waals surface area (Å²) < 4.78 is 30.8. The second kappa shape index (κ2) is 8.65. The number of nitrogens with one attached hydrogen (secondary N) is 1. The van der Waals surface area contributed by atoms with Crippen molar-refractivity contribution in [3.63, 3.8) is 0 Å². The van der Waals surface area contributed by atoms with Crippen LogP contribution in [0.15, 0.2) is 68.4 Å². The van der Waals surface area contributed by atoms with Crippen LogP contribution in [0.3, 0.4) is 0 Å². The first kappa shape index (κ1) is 20.7. The largest absolute Gasteiger partial charge is 0.484 e. The zero-order valence-corrected chi connectivity index (χ0v) is 17.2. The summed E-state index contributed by atoms with van der Waals surface area (Å²) in [5.41, 5.74) is -0.0758. The molecular formula is C23H17ClFNO5. The molecule has 1 amide bonds. The molecular weight excluding hydrogens is 425 g/mol. The van der Waals surface area contributed by atoms with Gasteiger partial charge in [0, 0.05) is 11.6 Å². The van der Waals surface area contributed by atoms with Crippen molar-refractivity contribution in [1.29, 1.82) is 0 Å². The minimum atomic E-state index is -0.609. The third-order valence-corrected chi connectivity index (χ3v) is 4.98. The molecule has 31 heavy (non-hydrogen) atoms. The molecule has 4 aromatic rings. The lowest BCUT2D eigenvalue weighted by Gasteiger charge is -2.11. The summed E-state index contributed by atoms with van der Waals surface area (Å²) in [6, 6.07) is 12.3. The summed E-state index contributed by atoms with van der Waals surface area (Å²) in [6.45, 7) is 1.59. The Morgan fingerprint density at radius 1 is 1.16 bits per heavy atom. The van der Waals surface area contributed by atoms with Crippen LogP contribution in [0.1, 0.15) is 11.5 Å². The topological polar surface area (TPSA) is 81.7 Å². The summed E-state index contributed by atoms with van der Waals surface area (Å²) in [4.78, 5) is 25.0. The van der Waals surface area contributed by atoms with Crippen LogP contribution < -0.4 is 15.5 Å². The zero-order valence-electron chi connectivity index (χ0n) is 16.4. The van der Waals surface area contributed by atoms with Gasteiger partial charge in [0.05, 0.1) is 28.8 Å². The van der Waals surface area contributed by atoms with E-state index in [4.69, 9.17) is 25.2 Å². The quantitative estimate of drug-likeness (QED) is 0.462. The van der Waals surface area contributed by atoms with Crippen molar-refractivity contribution < 1.29 is 22.8 Å². The minimum absolute atomic E-state index is 0.00544. The highest BCUT2D eigenvalue weighted by Gasteiger charge is 2.19. The molecule has 0 unspecified atom stereocenters. The Bertz CT molecular complexity index is 1290. The number of benzene rings is 2. The van der Waals surface area contributed by atoms with E-state index in [9.17, 15) is 14.0 Å². The minimum Gasteiger partial charge on any atom is -0.484 e. The molecule has 2 aromatic carbocycles. The van der Waals surface area contributed by atoms with E-state index in [1.165, 1.54) is 36.6 Å². The molecule has 2 aromatic heterocycles. The lowest BCUT2D eigenvalue weighted by atomic mass is 10.0. The van der Waals surface area contributed by atoms with Crippen molar-refractivity contribution in [3.05, 3.63) is 87.4 Å². The lowest BCUT2D eigenvalue weighted by Crippen LogP contribution is -2.28. The molecule has 158 valence electrons. The summed E-state index contributed by atoms with van der Waals surface area (Å²) >= 11 is 6.13. The van der Waals surface area contributed by atoms with Crippen LogP contribution >= 0.6 is 11.6 Å². The Kier molecular flexibility index (Phi) is 5.77. The van der Waals surface area contributed by atoms with Gasteiger partial charge >= 0.3 is 0 Å². The summed E-state index contributed by atoms with van der Waals surface area (Å²) in [7, 11) is 0. The number of carbonyl (C=O) groups excluding carboxylic acids is 1. The van der Waals surface area contributed by atoms with Crippen LogP contribution in [-0.4, -0.2) is 12.5 Å². The number of hydrogen-bond donors (Lipinski definition) is 1. The van der Waals surface area contributed by atoms with Crippen molar-refractivity contribution in [3.8, 4) is 16.9 Å². The van der Waals surface area contributed by atoms with E-state index in [0.29, 0.717) is 11.5 Å². The van der Waals surface area contributed by atoms with E-state index >= 15 is 0 Å². The number of halogens is 2. The summed E-state index contributed by atoms with van der Waals surface area (Å²) in [5, 5.41) is 3.03. The molecule has 0 aliphatic rings. The SMILES string of the molecule is Cc1oc2cc(OCC(=O)NCc3ccco3)ccc2c(=O)c1-c1c(F)cccc1Cl. The second-order valence-electron chi connectivity index (χ2n) is 6.76. The Hall–Kier alpha value is -3.58. The smallest absolute Gasteiger partial charge is 0.258 e. The maximum Gasteiger partial charge on any atom is 0.258 e. The van der Waals surface area contributed by atoms with Gasteiger partial charge in [0.2, 0.25) is 5.43 Å². The average molecular weight is 442 g/mol. The van der Waals surface area contributed by atoms with E-state index < -0.39 is 11.2 Å². The van der Waals surface area contributed by atoms with Gasteiger partial charge in [0.1, 0.15) is 28.7 Å². The Morgan fingerprint density at radius 3 is 2.74 bits per heavy atom. The van der Waals surface area contributed by atoms with Crippen LogP contribution in [0, 0.1) is 12.7 Å². The predicted molar refractivity (Wildman–Crippen MR) is 114 cm³/mol. The molecule has 1 N–H and O–H groups in total. The lowest BCUT2D eigenvalue weighted by molar-refractivity contribution is -0.123. The van der Waals surface area contributed by atoms with Crippen LogP contribution in [0.25, 0.3) is 22.1 Å². The van der Waals surface area contributed by atoms with Gasteiger partial charge in [-0.25, -0.2) is 4.39 Å². The third kappa shape index (κ3) is 4.32. The van der Waals surface area contributed by atoms with E-state index in [0.717, 1.165) is 0 Å². The molecule has 4 rings (SSSR count). The number of hydrogen-bond acceptors (Lipinski definition) is 5. The number of carbonyl (C=O) groups is 1. The summed E-state index contributed by atoms with van der Waals surface area (Å²) in [5.74, 6) is 0.251. The Balaban J connectivity index is 1.56. The van der Waals surface area contributed by atoms with Crippen molar-refractivity contribution in [2.45, 2.75) is 13.5 Å². The number of furan rings is 1. The normalized spacial score (nSPS) is 10.9. The molecule has 0 aliphatic heterocycles. The van der Waals surface area contributed by atoms with Gasteiger partial charge in [-0.3, -0.25) is 9.59 Å². The van der Waals surface area contributed by atoms with E-state index in [2.05, 4.69) is 5.32 Å². The van der Waals surface area contributed by atoms with E-state index in [1.807, 2.05) is 0 Å². The molecule has 0 saturated carbocycles. The predicted octanol–water partition coefficient (Wildman–Crippen LogP) is 4.85. The molecule has 0 fully saturated rings. The number of rotatable bonds is 6. The molecule has 2 heterocycles. The Labute approximate surface area is 181 Å². The van der Waals surface area contributed by atoms with Gasteiger partial charge in [0.15, 0.2) is 6.61 Å². The number of amides is 1. The van der Waals surface area contributed by atoms with Crippen molar-refractivity contribution in [2.75, 3.05) is 6.61 Å². The maximum absolute atomic E-state index is 14.4. The standard InChI is InChI=1S/C23H17ClFNO5/c1-13-21(22-17(24)5-2-6-18(22)25)23(28)16-8-7-14(10-19(16)31-13)30-12-20(27)26-11-15-4-3-9-29-15/h2-10H,11-12H2,1H3,(H,26,27). The molecule has 0 bridgehead atoms. The average Bonchev–Trinajstić information content (AvgIpc) is 3.26. The maximum atomic E-state index is 14.4. The molecule has 8 heteroatoms. The van der Waals surface area contributed by atoms with E-state index in [-0.39, 0.29) is 51.9 Å². The zero-order chi connectivity index (χ0) is 22.0. The van der Waals surface area contributed by atoms with Gasteiger partial charge in [-0.1, -0.05) is 17.7 Å². The number of ether oxygens (including phenoxy) is 1. The van der Waals surface area contributed by atoms with Crippen molar-refractivity contribution >= 4 is 28.5 Å².